The second-order valence-electron chi connectivity index (χ2n) is 7.95. The molecule has 1 aliphatic rings. The van der Waals surface area contributed by atoms with Crippen LogP contribution in [0.4, 0.5) is 0 Å². The number of piperazine rings is 1. The summed E-state index contributed by atoms with van der Waals surface area (Å²) in [7, 11) is 0. The largest absolute Gasteiger partial charge is 0.314 e. The van der Waals surface area contributed by atoms with Crippen molar-refractivity contribution < 1.29 is 0 Å². The van der Waals surface area contributed by atoms with E-state index >= 15 is 0 Å². The van der Waals surface area contributed by atoms with Gasteiger partial charge in [-0.3, -0.25) is 0 Å². The van der Waals surface area contributed by atoms with E-state index in [9.17, 15) is 0 Å². The fraction of sp³-hybridized carbons (Fsp3) is 1.00. The summed E-state index contributed by atoms with van der Waals surface area (Å²) in [6.07, 6.45) is 24.7. The summed E-state index contributed by atoms with van der Waals surface area (Å²) in [5.41, 5.74) is 0. The Morgan fingerprint density at radius 2 is 1.04 bits per heavy atom. The van der Waals surface area contributed by atoms with E-state index < -0.39 is 0 Å². The van der Waals surface area contributed by atoms with Crippen LogP contribution in [-0.4, -0.2) is 25.7 Å². The lowest BCUT2D eigenvalue weighted by Gasteiger charge is -2.24. The highest BCUT2D eigenvalue weighted by atomic mass is 15.0. The maximum Gasteiger partial charge on any atom is 0.0193 e. The van der Waals surface area contributed by atoms with Crippen LogP contribution in [0.15, 0.2) is 0 Å². The predicted molar refractivity (Wildman–Crippen MR) is 109 cm³/mol. The van der Waals surface area contributed by atoms with Crippen molar-refractivity contribution in [2.24, 2.45) is 0 Å². The molecular formula is C22H46N2. The third-order valence-corrected chi connectivity index (χ3v) is 5.53. The molecule has 2 N–H and O–H groups in total. The molecule has 0 radical (unpaired) electrons. The van der Waals surface area contributed by atoms with Gasteiger partial charge in [0.25, 0.3) is 0 Å². The van der Waals surface area contributed by atoms with Gasteiger partial charge in [0, 0.05) is 25.7 Å². The van der Waals surface area contributed by atoms with E-state index in [0.29, 0.717) is 0 Å². The van der Waals surface area contributed by atoms with Gasteiger partial charge in [0.05, 0.1) is 0 Å². The maximum atomic E-state index is 3.61. The van der Waals surface area contributed by atoms with Crippen LogP contribution in [0.5, 0.6) is 0 Å². The Morgan fingerprint density at radius 1 is 0.583 bits per heavy atom. The molecule has 2 heteroatoms. The van der Waals surface area contributed by atoms with Crippen LogP contribution in [0.1, 0.15) is 116 Å². The molecule has 0 spiro atoms. The molecule has 1 atom stereocenters. The summed E-state index contributed by atoms with van der Waals surface area (Å²) in [6, 6.07) is 0.741. The number of unbranched alkanes of at least 4 members (excludes halogenated alkanes) is 15. The second-order valence-corrected chi connectivity index (χ2v) is 7.95. The lowest BCUT2D eigenvalue weighted by atomic mass is 10.0. The zero-order valence-electron chi connectivity index (χ0n) is 16.7. The van der Waals surface area contributed by atoms with Crippen molar-refractivity contribution in [3.63, 3.8) is 0 Å². The Balaban J connectivity index is 1.66. The van der Waals surface area contributed by atoms with E-state index in [2.05, 4.69) is 17.6 Å². The van der Waals surface area contributed by atoms with Crippen molar-refractivity contribution in [3.8, 4) is 0 Å². The highest BCUT2D eigenvalue weighted by Crippen LogP contribution is 2.14. The van der Waals surface area contributed by atoms with E-state index in [1.54, 1.807) is 0 Å². The average Bonchev–Trinajstić information content (AvgIpc) is 2.62. The Hall–Kier alpha value is -0.0800. The van der Waals surface area contributed by atoms with Gasteiger partial charge < -0.3 is 10.6 Å². The topological polar surface area (TPSA) is 24.1 Å². The van der Waals surface area contributed by atoms with Gasteiger partial charge >= 0.3 is 0 Å². The van der Waals surface area contributed by atoms with E-state index in [1.165, 1.54) is 116 Å². The number of rotatable bonds is 17. The minimum atomic E-state index is 0.741. The van der Waals surface area contributed by atoms with Crippen LogP contribution in [0, 0.1) is 0 Å². The zero-order chi connectivity index (χ0) is 17.1. The number of nitrogens with one attached hydrogen (secondary N) is 2. The molecule has 1 saturated heterocycles. The van der Waals surface area contributed by atoms with Crippen molar-refractivity contribution in [1.82, 2.24) is 10.6 Å². The first kappa shape index (κ1) is 22.0. The second kappa shape index (κ2) is 17.7. The molecule has 1 fully saturated rings. The van der Waals surface area contributed by atoms with Crippen LogP contribution in [0.2, 0.25) is 0 Å². The average molecular weight is 339 g/mol. The smallest absolute Gasteiger partial charge is 0.0193 e. The molecule has 1 unspecified atom stereocenters. The van der Waals surface area contributed by atoms with Crippen LogP contribution in [-0.2, 0) is 0 Å². The molecule has 0 aromatic heterocycles. The molecule has 0 aromatic rings. The third-order valence-electron chi connectivity index (χ3n) is 5.53. The molecule has 1 aliphatic heterocycles. The van der Waals surface area contributed by atoms with Crippen LogP contribution in [0.25, 0.3) is 0 Å². The maximum absolute atomic E-state index is 3.61. The van der Waals surface area contributed by atoms with Gasteiger partial charge in [0.1, 0.15) is 0 Å². The van der Waals surface area contributed by atoms with Gasteiger partial charge in [-0.1, -0.05) is 110 Å². The normalized spacial score (nSPS) is 18.1. The quantitative estimate of drug-likeness (QED) is 0.309. The SMILES string of the molecule is CCCCCCCCCCCCCCCCCCC1CNCCN1. The fourth-order valence-corrected chi connectivity index (χ4v) is 3.86. The van der Waals surface area contributed by atoms with Crippen molar-refractivity contribution in [3.05, 3.63) is 0 Å². The lowest BCUT2D eigenvalue weighted by Crippen LogP contribution is -2.48. The summed E-state index contributed by atoms with van der Waals surface area (Å²) < 4.78 is 0. The highest BCUT2D eigenvalue weighted by Gasteiger charge is 2.10. The van der Waals surface area contributed by atoms with E-state index in [1.807, 2.05) is 0 Å². The van der Waals surface area contributed by atoms with Crippen molar-refractivity contribution >= 4 is 0 Å². The summed E-state index contributed by atoms with van der Waals surface area (Å²) in [6.45, 7) is 5.78. The highest BCUT2D eigenvalue weighted by molar-refractivity contribution is 4.74. The van der Waals surface area contributed by atoms with Gasteiger partial charge in [-0.2, -0.15) is 0 Å². The van der Waals surface area contributed by atoms with E-state index in [0.717, 1.165) is 19.1 Å². The summed E-state index contributed by atoms with van der Waals surface area (Å²) in [4.78, 5) is 0. The summed E-state index contributed by atoms with van der Waals surface area (Å²) in [5, 5.41) is 7.09. The van der Waals surface area contributed by atoms with E-state index in [-0.39, 0.29) is 0 Å². The summed E-state index contributed by atoms with van der Waals surface area (Å²) in [5.74, 6) is 0. The van der Waals surface area contributed by atoms with Crippen LogP contribution < -0.4 is 10.6 Å². The predicted octanol–water partition coefficient (Wildman–Crippen LogP) is 6.20. The third kappa shape index (κ3) is 14.3. The first-order valence-electron chi connectivity index (χ1n) is 11.4. The Morgan fingerprint density at radius 3 is 1.46 bits per heavy atom. The molecule has 0 aromatic carbocycles. The van der Waals surface area contributed by atoms with Crippen LogP contribution in [0.3, 0.4) is 0 Å². The van der Waals surface area contributed by atoms with Crippen LogP contribution >= 0.6 is 0 Å². The first-order valence-corrected chi connectivity index (χ1v) is 11.4. The molecule has 1 heterocycles. The van der Waals surface area contributed by atoms with Crippen molar-refractivity contribution in [2.75, 3.05) is 19.6 Å². The zero-order valence-corrected chi connectivity index (χ0v) is 16.7. The minimum absolute atomic E-state index is 0.741. The Bertz CT molecular complexity index is 236. The molecule has 0 amide bonds. The molecule has 2 nitrogen and oxygen atoms in total. The molecule has 0 aliphatic carbocycles. The Kier molecular flexibility index (Phi) is 16.2. The number of hydrogen-bond acceptors (Lipinski definition) is 2. The molecule has 24 heavy (non-hydrogen) atoms. The lowest BCUT2D eigenvalue weighted by molar-refractivity contribution is 0.386. The standard InChI is InChI=1S/C22H46N2/c1-2-3-4-5-6-7-8-9-10-11-12-13-14-15-16-17-18-22-21-23-19-20-24-22/h22-24H,2-21H2,1H3. The molecule has 1 rings (SSSR count). The Labute approximate surface area is 152 Å². The van der Waals surface area contributed by atoms with Gasteiger partial charge in [0.15, 0.2) is 0 Å². The molecular weight excluding hydrogens is 292 g/mol. The minimum Gasteiger partial charge on any atom is -0.314 e. The molecule has 144 valence electrons. The van der Waals surface area contributed by atoms with E-state index in [4.69, 9.17) is 0 Å². The van der Waals surface area contributed by atoms with Gasteiger partial charge in [-0.15, -0.1) is 0 Å². The molecule has 0 saturated carbocycles. The fourth-order valence-electron chi connectivity index (χ4n) is 3.86. The van der Waals surface area contributed by atoms with Crippen molar-refractivity contribution in [1.29, 1.82) is 0 Å². The van der Waals surface area contributed by atoms with Gasteiger partial charge in [-0.05, 0) is 6.42 Å². The van der Waals surface area contributed by atoms with Gasteiger partial charge in [-0.25, -0.2) is 0 Å². The van der Waals surface area contributed by atoms with Crippen molar-refractivity contribution in [2.45, 2.75) is 122 Å². The first-order chi connectivity index (χ1) is 11.9. The monoisotopic (exact) mass is 338 g/mol. The summed E-state index contributed by atoms with van der Waals surface area (Å²) >= 11 is 0. The number of hydrogen-bond donors (Lipinski definition) is 2. The molecule has 0 bridgehead atoms. The van der Waals surface area contributed by atoms with Gasteiger partial charge in [0.2, 0.25) is 0 Å².